The molecule has 3 amide bonds. The highest BCUT2D eigenvalue weighted by Gasteiger charge is 2.72. The van der Waals surface area contributed by atoms with Crippen LogP contribution in [0.4, 0.5) is 5.69 Å². The van der Waals surface area contributed by atoms with E-state index >= 15 is 0 Å². The number of fused-ring (bicyclic) bond motifs is 1. The number of hydrogen-bond acceptors (Lipinski definition) is 6. The van der Waals surface area contributed by atoms with E-state index in [1.54, 1.807) is 23.1 Å². The van der Waals surface area contributed by atoms with E-state index in [1.807, 2.05) is 12.2 Å². The Hall–Kier alpha value is -2.17. The Morgan fingerprint density at radius 3 is 2.55 bits per heavy atom. The summed E-state index contributed by atoms with van der Waals surface area (Å²) in [7, 11) is 0. The van der Waals surface area contributed by atoms with Gasteiger partial charge >= 0.3 is 0 Å². The van der Waals surface area contributed by atoms with Crippen molar-refractivity contribution in [2.75, 3.05) is 44.7 Å². The minimum Gasteiger partial charge on any atom is -0.379 e. The lowest BCUT2D eigenvalue weighted by molar-refractivity contribution is -0.141. The zero-order chi connectivity index (χ0) is 27.9. The maximum atomic E-state index is 14.1. The molecule has 4 fully saturated rings. The highest BCUT2D eigenvalue weighted by Crippen LogP contribution is 2.55. The molecular weight excluding hydrogens is 555 g/mol. The molecule has 9 nitrogen and oxygen atoms in total. The molecule has 216 valence electrons. The monoisotopic (exact) mass is 590 g/mol. The number of ether oxygens (including phenoxy) is 2. The number of carbonyl (C=O) groups is 3. The number of hydrogen-bond donors (Lipinski definition) is 2. The Bertz CT molecular complexity index is 1180. The maximum absolute atomic E-state index is 14.1. The van der Waals surface area contributed by atoms with Crippen molar-refractivity contribution in [1.29, 1.82) is 0 Å². The molecule has 0 unspecified atom stereocenters. The van der Waals surface area contributed by atoms with Gasteiger partial charge in [-0.3, -0.25) is 19.3 Å². The molecule has 2 N–H and O–H groups in total. The number of likely N-dealkylation sites (tertiary alicyclic amines) is 1. The number of benzene rings is 1. The van der Waals surface area contributed by atoms with Crippen LogP contribution < -0.4 is 10.6 Å². The van der Waals surface area contributed by atoms with E-state index in [0.29, 0.717) is 35.5 Å². The Kier molecular flexibility index (Phi) is 8.12. The first-order valence-electron chi connectivity index (χ1n) is 14.4. The van der Waals surface area contributed by atoms with Crippen LogP contribution in [0.25, 0.3) is 0 Å². The number of anilines is 1. The Morgan fingerprint density at radius 1 is 1.02 bits per heavy atom. The van der Waals surface area contributed by atoms with Gasteiger partial charge in [-0.15, -0.1) is 0 Å². The topological polar surface area (TPSA) is 100 Å². The van der Waals surface area contributed by atoms with E-state index < -0.39 is 29.6 Å². The second kappa shape index (κ2) is 11.6. The fourth-order valence-corrected chi connectivity index (χ4v) is 7.42. The van der Waals surface area contributed by atoms with Crippen LogP contribution in [0.2, 0.25) is 10.0 Å². The van der Waals surface area contributed by atoms with Gasteiger partial charge in [0.05, 0.1) is 41.2 Å². The van der Waals surface area contributed by atoms with Gasteiger partial charge in [0, 0.05) is 37.9 Å². The van der Waals surface area contributed by atoms with E-state index in [0.717, 1.165) is 51.7 Å². The summed E-state index contributed by atoms with van der Waals surface area (Å²) in [5, 5.41) is 6.83. The van der Waals surface area contributed by atoms with Gasteiger partial charge in [-0.2, -0.15) is 0 Å². The molecule has 2 bridgehead atoms. The molecule has 11 heteroatoms. The molecule has 1 aliphatic carbocycles. The molecule has 40 heavy (non-hydrogen) atoms. The van der Waals surface area contributed by atoms with Crippen molar-refractivity contribution >= 4 is 46.6 Å². The summed E-state index contributed by atoms with van der Waals surface area (Å²) in [6.45, 7) is 4.35. The van der Waals surface area contributed by atoms with Gasteiger partial charge in [0.1, 0.15) is 11.6 Å². The smallest absolute Gasteiger partial charge is 0.246 e. The third-order valence-corrected chi connectivity index (χ3v) is 9.78. The van der Waals surface area contributed by atoms with Crippen molar-refractivity contribution in [3.8, 4) is 0 Å². The zero-order valence-corrected chi connectivity index (χ0v) is 24.0. The van der Waals surface area contributed by atoms with E-state index in [1.165, 1.54) is 6.42 Å². The number of carbonyl (C=O) groups excluding carboxylic acids is 3. The molecule has 3 saturated heterocycles. The second-order valence-corrected chi connectivity index (χ2v) is 12.3. The standard InChI is InChI=1S/C29H36Cl2N4O5/c30-20-8-7-19(17-21(20)31)33-26(36)23-22-9-10-29(40-22)24(23)28(38)35(12-4-11-34-13-15-39-16-14-34)25(29)27(37)32-18-5-2-1-3-6-18/h7-10,17-18,22-25H,1-6,11-16H2,(H,32,37)(H,33,36)/t22-,23+,24-,25-,29-/m0/s1. The third kappa shape index (κ3) is 5.15. The van der Waals surface area contributed by atoms with E-state index in [4.69, 9.17) is 32.7 Å². The predicted octanol–water partition coefficient (Wildman–Crippen LogP) is 3.25. The van der Waals surface area contributed by atoms with Crippen LogP contribution in [0.5, 0.6) is 0 Å². The molecule has 4 aliphatic heterocycles. The molecule has 1 spiro atoms. The summed E-state index contributed by atoms with van der Waals surface area (Å²) >= 11 is 12.2. The van der Waals surface area contributed by atoms with Crippen molar-refractivity contribution in [2.24, 2.45) is 11.8 Å². The molecule has 1 aromatic rings. The summed E-state index contributed by atoms with van der Waals surface area (Å²) in [4.78, 5) is 45.6. The van der Waals surface area contributed by atoms with Crippen molar-refractivity contribution in [3.63, 3.8) is 0 Å². The first kappa shape index (κ1) is 28.0. The van der Waals surface area contributed by atoms with Crippen LogP contribution >= 0.6 is 23.2 Å². The molecule has 5 atom stereocenters. The van der Waals surface area contributed by atoms with E-state index in [2.05, 4.69) is 15.5 Å². The van der Waals surface area contributed by atoms with Gasteiger partial charge in [0.25, 0.3) is 0 Å². The third-order valence-electron chi connectivity index (χ3n) is 9.04. The molecule has 5 aliphatic rings. The van der Waals surface area contributed by atoms with E-state index in [9.17, 15) is 14.4 Å². The zero-order valence-electron chi connectivity index (χ0n) is 22.5. The summed E-state index contributed by atoms with van der Waals surface area (Å²) in [5.74, 6) is -2.27. The van der Waals surface area contributed by atoms with Crippen LogP contribution in [0.3, 0.4) is 0 Å². The SMILES string of the molecule is O=C(Nc1ccc(Cl)c(Cl)c1)[C@@H]1[C@@H]2C=C[C@]3(O2)[C@@H]1C(=O)N(CCCN1CCOCC1)[C@H]3C(=O)NC1CCCCC1. The van der Waals surface area contributed by atoms with Crippen molar-refractivity contribution in [3.05, 3.63) is 40.4 Å². The lowest BCUT2D eigenvalue weighted by Crippen LogP contribution is -2.56. The van der Waals surface area contributed by atoms with Gasteiger partial charge in [-0.1, -0.05) is 54.6 Å². The lowest BCUT2D eigenvalue weighted by atomic mass is 9.74. The molecule has 0 radical (unpaired) electrons. The summed E-state index contributed by atoms with van der Waals surface area (Å²) in [5.41, 5.74) is -0.682. The van der Waals surface area contributed by atoms with Crippen LogP contribution in [0, 0.1) is 11.8 Å². The molecule has 6 rings (SSSR count). The lowest BCUT2D eigenvalue weighted by Gasteiger charge is -2.34. The maximum Gasteiger partial charge on any atom is 0.246 e. The van der Waals surface area contributed by atoms with E-state index in [-0.39, 0.29) is 23.8 Å². The average molecular weight is 592 g/mol. The highest BCUT2D eigenvalue weighted by molar-refractivity contribution is 6.42. The Balaban J connectivity index is 1.24. The fourth-order valence-electron chi connectivity index (χ4n) is 7.12. The Labute approximate surface area is 244 Å². The van der Waals surface area contributed by atoms with Crippen LogP contribution in [0.15, 0.2) is 30.4 Å². The number of nitrogens with zero attached hydrogens (tertiary/aromatic N) is 2. The van der Waals surface area contributed by atoms with Crippen LogP contribution in [0.1, 0.15) is 38.5 Å². The van der Waals surface area contributed by atoms with Gasteiger partial charge in [-0.05, 0) is 37.5 Å². The van der Waals surface area contributed by atoms with Crippen LogP contribution in [-0.4, -0.2) is 90.7 Å². The number of morpholine rings is 1. The molecule has 1 saturated carbocycles. The molecule has 0 aromatic heterocycles. The Morgan fingerprint density at radius 2 is 1.80 bits per heavy atom. The fraction of sp³-hybridized carbons (Fsp3) is 0.621. The number of rotatable bonds is 8. The number of amides is 3. The molecule has 1 aromatic carbocycles. The number of nitrogens with one attached hydrogen (secondary N) is 2. The second-order valence-electron chi connectivity index (χ2n) is 11.5. The van der Waals surface area contributed by atoms with Crippen LogP contribution in [-0.2, 0) is 23.9 Å². The predicted molar refractivity (Wildman–Crippen MR) is 151 cm³/mol. The number of halogens is 2. The normalized spacial score (nSPS) is 31.9. The first-order chi connectivity index (χ1) is 19.4. The van der Waals surface area contributed by atoms with Gasteiger partial charge in [0.2, 0.25) is 17.7 Å². The molecular formula is C29H36Cl2N4O5. The minimum atomic E-state index is -1.17. The summed E-state index contributed by atoms with van der Waals surface area (Å²) in [6.07, 6.45) is 9.05. The summed E-state index contributed by atoms with van der Waals surface area (Å²) in [6, 6.07) is 4.14. The minimum absolute atomic E-state index is 0.0957. The quantitative estimate of drug-likeness (QED) is 0.451. The largest absolute Gasteiger partial charge is 0.379 e. The first-order valence-corrected chi connectivity index (χ1v) is 15.2. The van der Waals surface area contributed by atoms with Gasteiger partial charge in [-0.25, -0.2) is 0 Å². The molecule has 4 heterocycles. The average Bonchev–Trinajstić information content (AvgIpc) is 3.59. The van der Waals surface area contributed by atoms with Gasteiger partial charge < -0.3 is 25.0 Å². The highest BCUT2D eigenvalue weighted by atomic mass is 35.5. The summed E-state index contributed by atoms with van der Waals surface area (Å²) < 4.78 is 11.9. The van der Waals surface area contributed by atoms with Crippen molar-refractivity contribution < 1.29 is 23.9 Å². The van der Waals surface area contributed by atoms with Crippen molar-refractivity contribution in [1.82, 2.24) is 15.1 Å². The van der Waals surface area contributed by atoms with Gasteiger partial charge in [0.15, 0.2) is 0 Å². The van der Waals surface area contributed by atoms with Crippen molar-refractivity contribution in [2.45, 2.75) is 62.3 Å².